The van der Waals surface area contributed by atoms with Crippen molar-refractivity contribution in [2.24, 2.45) is 0 Å². The molecule has 0 aliphatic rings. The molecule has 1 aromatic rings. The predicted octanol–water partition coefficient (Wildman–Crippen LogP) is 2.22. The van der Waals surface area contributed by atoms with Crippen LogP contribution >= 0.6 is 0 Å². The normalized spacial score (nSPS) is 8.00. The van der Waals surface area contributed by atoms with Gasteiger partial charge in [0.1, 0.15) is 0 Å². The SMILES string of the molecule is C=CCc1[c-]cccc1.[U]. The van der Waals surface area contributed by atoms with E-state index in [-0.39, 0.29) is 31.1 Å². The Hall–Kier alpha value is 0.0119. The molecule has 1 aromatic carbocycles. The minimum absolute atomic E-state index is 0. The maximum Gasteiger partial charge on any atom is 0 e. The molecule has 1 heteroatoms. The van der Waals surface area contributed by atoms with Gasteiger partial charge in [-0.2, -0.15) is 35.9 Å². The second-order valence-electron chi connectivity index (χ2n) is 1.88. The fraction of sp³-hybridized carbons (Fsp3) is 0.111. The Labute approximate surface area is 85.7 Å². The minimum atomic E-state index is 0. The summed E-state index contributed by atoms with van der Waals surface area (Å²) in [6.07, 6.45) is 2.80. The van der Waals surface area contributed by atoms with Gasteiger partial charge in [0.15, 0.2) is 0 Å². The Morgan fingerprint density at radius 1 is 1.50 bits per heavy atom. The standard InChI is InChI=1S/C9H9.U/c1-2-6-9-7-4-3-5-8-9;/h2-5,7H,1,6H2;/q-1;. The van der Waals surface area contributed by atoms with Crippen molar-refractivity contribution in [1.29, 1.82) is 0 Å². The van der Waals surface area contributed by atoms with Crippen molar-refractivity contribution in [2.45, 2.75) is 6.42 Å². The average Bonchev–Trinajstić information content (AvgIpc) is 1.91. The van der Waals surface area contributed by atoms with Crippen LogP contribution in [0.25, 0.3) is 0 Å². The van der Waals surface area contributed by atoms with Gasteiger partial charge in [0.2, 0.25) is 0 Å². The first kappa shape index (κ1) is 10.0. The molecule has 0 saturated heterocycles. The summed E-state index contributed by atoms with van der Waals surface area (Å²) in [5.74, 6) is 0. The first-order valence-corrected chi connectivity index (χ1v) is 3.00. The van der Waals surface area contributed by atoms with E-state index in [0.29, 0.717) is 0 Å². The molecule has 0 fully saturated rings. The quantitative estimate of drug-likeness (QED) is 0.564. The molecular formula is C9H9U-. The van der Waals surface area contributed by atoms with Crippen LogP contribution in [0.5, 0.6) is 0 Å². The van der Waals surface area contributed by atoms with Crippen LogP contribution in [-0.2, 0) is 6.42 Å². The minimum Gasteiger partial charge on any atom is -0.180 e. The van der Waals surface area contributed by atoms with Gasteiger partial charge in [-0.25, -0.2) is 0 Å². The molecule has 0 atom stereocenters. The van der Waals surface area contributed by atoms with E-state index in [1.807, 2.05) is 30.3 Å². The van der Waals surface area contributed by atoms with Crippen molar-refractivity contribution in [3.8, 4) is 0 Å². The Morgan fingerprint density at radius 2 is 2.30 bits per heavy atom. The molecule has 0 aliphatic carbocycles. The summed E-state index contributed by atoms with van der Waals surface area (Å²) in [4.78, 5) is 0. The van der Waals surface area contributed by atoms with E-state index >= 15 is 0 Å². The van der Waals surface area contributed by atoms with Gasteiger partial charge in [-0.15, -0.1) is 6.58 Å². The number of allylic oxidation sites excluding steroid dienone is 1. The van der Waals surface area contributed by atoms with E-state index in [9.17, 15) is 0 Å². The summed E-state index contributed by atoms with van der Waals surface area (Å²) in [5.41, 5.74) is 1.20. The first-order valence-electron chi connectivity index (χ1n) is 3.00. The predicted molar refractivity (Wildman–Crippen MR) is 39.2 cm³/mol. The van der Waals surface area contributed by atoms with Crippen molar-refractivity contribution in [1.82, 2.24) is 0 Å². The van der Waals surface area contributed by atoms with Crippen molar-refractivity contribution < 1.29 is 31.1 Å². The molecule has 0 radical (unpaired) electrons. The monoisotopic (exact) mass is 355 g/mol. The zero-order chi connectivity index (χ0) is 6.53. The van der Waals surface area contributed by atoms with E-state index in [1.54, 1.807) is 0 Å². The molecule has 0 unspecified atom stereocenters. The molecular weight excluding hydrogens is 346 g/mol. The first-order chi connectivity index (χ1) is 4.43. The summed E-state index contributed by atoms with van der Waals surface area (Å²) in [5, 5.41) is 0. The van der Waals surface area contributed by atoms with Crippen molar-refractivity contribution in [3.05, 3.63) is 48.6 Å². The van der Waals surface area contributed by atoms with Crippen LogP contribution in [0, 0.1) is 37.2 Å². The molecule has 1 rings (SSSR count). The number of hydrogen-bond donors (Lipinski definition) is 0. The van der Waals surface area contributed by atoms with Gasteiger partial charge in [0.05, 0.1) is 0 Å². The molecule has 0 heterocycles. The molecule has 0 nitrogen and oxygen atoms in total. The van der Waals surface area contributed by atoms with Crippen LogP contribution in [0.3, 0.4) is 0 Å². The van der Waals surface area contributed by atoms with Crippen LogP contribution in [0.4, 0.5) is 0 Å². The van der Waals surface area contributed by atoms with Gasteiger partial charge in [0.25, 0.3) is 0 Å². The topological polar surface area (TPSA) is 0 Å². The third-order valence-electron chi connectivity index (χ3n) is 1.14. The van der Waals surface area contributed by atoms with E-state index in [4.69, 9.17) is 0 Å². The Balaban J connectivity index is 0.000000810. The Morgan fingerprint density at radius 3 is 2.80 bits per heavy atom. The molecule has 0 aromatic heterocycles. The maximum absolute atomic E-state index is 3.64. The van der Waals surface area contributed by atoms with Gasteiger partial charge >= 0.3 is 0 Å². The summed E-state index contributed by atoms with van der Waals surface area (Å²) >= 11 is 0. The largest absolute Gasteiger partial charge is 0.180 e. The van der Waals surface area contributed by atoms with Crippen LogP contribution in [0.2, 0.25) is 0 Å². The molecule has 0 N–H and O–H groups in total. The number of rotatable bonds is 2. The third kappa shape index (κ3) is 3.25. The molecule has 0 spiro atoms. The van der Waals surface area contributed by atoms with Crippen molar-refractivity contribution >= 4 is 0 Å². The molecule has 0 aliphatic heterocycles. The van der Waals surface area contributed by atoms with Gasteiger partial charge < -0.3 is 0 Å². The van der Waals surface area contributed by atoms with Crippen LogP contribution in [0.15, 0.2) is 36.9 Å². The zero-order valence-corrected chi connectivity index (χ0v) is 9.96. The second-order valence-corrected chi connectivity index (χ2v) is 1.88. The molecule has 0 bridgehead atoms. The third-order valence-corrected chi connectivity index (χ3v) is 1.14. The average molecular weight is 355 g/mol. The number of benzene rings is 1. The molecule has 10 heavy (non-hydrogen) atoms. The Bertz CT molecular complexity index is 179. The van der Waals surface area contributed by atoms with Crippen LogP contribution in [-0.4, -0.2) is 0 Å². The van der Waals surface area contributed by atoms with Crippen molar-refractivity contribution in [3.63, 3.8) is 0 Å². The van der Waals surface area contributed by atoms with Gasteiger partial charge in [0, 0.05) is 31.1 Å². The van der Waals surface area contributed by atoms with Crippen LogP contribution < -0.4 is 0 Å². The zero-order valence-electron chi connectivity index (χ0n) is 5.80. The second kappa shape index (κ2) is 5.77. The van der Waals surface area contributed by atoms with E-state index in [1.165, 1.54) is 5.56 Å². The van der Waals surface area contributed by atoms with Gasteiger partial charge in [-0.1, -0.05) is 6.08 Å². The fourth-order valence-corrected chi connectivity index (χ4v) is 0.713. The Kier molecular flexibility index (Phi) is 5.78. The van der Waals surface area contributed by atoms with Crippen molar-refractivity contribution in [2.75, 3.05) is 0 Å². The fourth-order valence-electron chi connectivity index (χ4n) is 0.713. The number of hydrogen-bond acceptors (Lipinski definition) is 0. The maximum atomic E-state index is 3.64. The molecule has 0 amide bonds. The van der Waals surface area contributed by atoms with Crippen LogP contribution in [0.1, 0.15) is 5.56 Å². The summed E-state index contributed by atoms with van der Waals surface area (Å²) in [6.45, 7) is 3.64. The van der Waals surface area contributed by atoms with Gasteiger partial charge in [-0.3, -0.25) is 0 Å². The summed E-state index contributed by atoms with van der Waals surface area (Å²) < 4.78 is 0. The van der Waals surface area contributed by atoms with E-state index < -0.39 is 0 Å². The summed E-state index contributed by atoms with van der Waals surface area (Å²) in [7, 11) is 0. The summed E-state index contributed by atoms with van der Waals surface area (Å²) in [6, 6.07) is 11.0. The molecule has 0 saturated carbocycles. The van der Waals surface area contributed by atoms with E-state index in [0.717, 1.165) is 6.42 Å². The molecule has 50 valence electrons. The smallest absolute Gasteiger partial charge is 0 e. The van der Waals surface area contributed by atoms with Gasteiger partial charge in [-0.05, 0) is 6.42 Å². The van der Waals surface area contributed by atoms with E-state index in [2.05, 4.69) is 12.6 Å².